The quantitative estimate of drug-likeness (QED) is 0.597. The molecule has 1 aromatic carbocycles. The van der Waals surface area contributed by atoms with Gasteiger partial charge in [-0.1, -0.05) is 43.9 Å². The predicted octanol–water partition coefficient (Wildman–Crippen LogP) is 3.97. The number of amides is 1. The van der Waals surface area contributed by atoms with E-state index in [0.29, 0.717) is 0 Å². The Morgan fingerprint density at radius 2 is 2.00 bits per heavy atom. The normalized spacial score (nSPS) is 13.0. The van der Waals surface area contributed by atoms with Gasteiger partial charge in [-0.3, -0.25) is 4.79 Å². The highest BCUT2D eigenvalue weighted by molar-refractivity contribution is 8.13. The molecule has 1 aromatic rings. The van der Waals surface area contributed by atoms with Crippen LogP contribution < -0.4 is 5.32 Å². The monoisotopic (exact) mass is 351 g/mol. The maximum atomic E-state index is 12.3. The molecule has 0 fully saturated rings. The summed E-state index contributed by atoms with van der Waals surface area (Å²) in [5, 5.41) is 2.83. The van der Waals surface area contributed by atoms with E-state index >= 15 is 0 Å². The second-order valence-corrected chi connectivity index (χ2v) is 7.86. The van der Waals surface area contributed by atoms with Gasteiger partial charge in [0.2, 0.25) is 0 Å². The molecule has 0 aliphatic carbocycles. The summed E-state index contributed by atoms with van der Waals surface area (Å²) in [7, 11) is 1.32. The molecular weight excluding hydrogens is 333 g/mol. The second kappa shape index (κ2) is 8.01. The predicted molar refractivity (Wildman–Crippen MR) is 85.6 cm³/mol. The number of carbonyl (C=O) groups excluding carboxylic acids is 1. The zero-order valence-corrected chi connectivity index (χ0v) is 14.4. The lowest BCUT2D eigenvalue weighted by Crippen LogP contribution is -2.33. The maximum absolute atomic E-state index is 12.3. The van der Waals surface area contributed by atoms with Gasteiger partial charge in [0.25, 0.3) is 15.0 Å². The van der Waals surface area contributed by atoms with E-state index < -0.39 is 15.0 Å². The smallest absolute Gasteiger partial charge is 0.262 e. The first kappa shape index (κ1) is 18.3. The van der Waals surface area contributed by atoms with Gasteiger partial charge in [-0.05, 0) is 25.5 Å². The molecule has 1 atom stereocenters. The third kappa shape index (κ3) is 5.49. The lowest BCUT2D eigenvalue weighted by atomic mass is 10.1. The van der Waals surface area contributed by atoms with Crippen molar-refractivity contribution in [1.29, 1.82) is 0 Å². The molecule has 0 heterocycles. The van der Waals surface area contributed by atoms with E-state index in [4.69, 9.17) is 22.3 Å². The topological polar surface area (TPSA) is 63.2 Å². The third-order valence-corrected chi connectivity index (χ3v) is 4.76. The van der Waals surface area contributed by atoms with Gasteiger partial charge in [0.05, 0.1) is 15.5 Å². The van der Waals surface area contributed by atoms with Gasteiger partial charge in [0.15, 0.2) is 0 Å². The first-order chi connectivity index (χ1) is 9.77. The number of hydrogen-bond donors (Lipinski definition) is 1. The summed E-state index contributed by atoms with van der Waals surface area (Å²) in [6.45, 7) is 3.98. The number of rotatable bonds is 7. The van der Waals surface area contributed by atoms with Crippen LogP contribution in [0.3, 0.4) is 0 Å². The molecule has 4 nitrogen and oxygen atoms in total. The van der Waals surface area contributed by atoms with Crippen molar-refractivity contribution in [3.63, 3.8) is 0 Å². The number of hydrogen-bond acceptors (Lipinski definition) is 3. The van der Waals surface area contributed by atoms with Crippen molar-refractivity contribution < 1.29 is 13.2 Å². The molecule has 1 amide bonds. The highest BCUT2D eigenvalue weighted by Gasteiger charge is 2.24. The average molecular weight is 352 g/mol. The maximum Gasteiger partial charge on any atom is 0.262 e. The van der Waals surface area contributed by atoms with Crippen molar-refractivity contribution in [2.24, 2.45) is 0 Å². The lowest BCUT2D eigenvalue weighted by Gasteiger charge is -2.15. The standard InChI is InChI=1S/C14H19Cl2NO3S/c1-3-4-5-7-10(2)17-14(18)13-11(15)8-6-9-12(13)21(16,19)20/h6,8-10H,3-5,7H2,1-2H3,(H,17,18). The van der Waals surface area contributed by atoms with Crippen LogP contribution in [-0.4, -0.2) is 20.4 Å². The van der Waals surface area contributed by atoms with Crippen LogP contribution in [0.5, 0.6) is 0 Å². The number of nitrogens with one attached hydrogen (secondary N) is 1. The number of unbranched alkanes of at least 4 members (excludes halogenated alkanes) is 2. The molecule has 0 aliphatic heterocycles. The molecule has 1 rings (SSSR count). The summed E-state index contributed by atoms with van der Waals surface area (Å²) in [5.41, 5.74) is -0.100. The van der Waals surface area contributed by atoms with Crippen molar-refractivity contribution in [3.05, 3.63) is 28.8 Å². The fraction of sp³-hybridized carbons (Fsp3) is 0.500. The molecule has 1 N–H and O–H groups in total. The Morgan fingerprint density at radius 1 is 1.33 bits per heavy atom. The Hall–Kier alpha value is -0.780. The Balaban J connectivity index is 2.93. The van der Waals surface area contributed by atoms with Crippen LogP contribution in [0.2, 0.25) is 5.02 Å². The summed E-state index contributed by atoms with van der Waals surface area (Å²) >= 11 is 5.96. The van der Waals surface area contributed by atoms with E-state index in [1.165, 1.54) is 18.2 Å². The molecule has 0 spiro atoms. The SMILES string of the molecule is CCCCCC(C)NC(=O)c1c(Cl)cccc1S(=O)(=O)Cl. The van der Waals surface area contributed by atoms with E-state index in [1.54, 1.807) is 0 Å². The number of benzene rings is 1. The van der Waals surface area contributed by atoms with Crippen molar-refractivity contribution in [3.8, 4) is 0 Å². The van der Waals surface area contributed by atoms with Gasteiger partial charge in [0.1, 0.15) is 0 Å². The van der Waals surface area contributed by atoms with E-state index in [0.717, 1.165) is 25.7 Å². The minimum absolute atomic E-state index is 0.0637. The molecule has 0 aliphatic rings. The molecular formula is C14H19Cl2NO3S. The summed E-state index contributed by atoms with van der Waals surface area (Å²) in [6.07, 6.45) is 4.02. The minimum Gasteiger partial charge on any atom is -0.350 e. The van der Waals surface area contributed by atoms with Crippen molar-refractivity contribution in [2.45, 2.75) is 50.5 Å². The molecule has 7 heteroatoms. The Morgan fingerprint density at radius 3 is 2.57 bits per heavy atom. The van der Waals surface area contributed by atoms with Crippen LogP contribution in [0.4, 0.5) is 0 Å². The summed E-state index contributed by atoms with van der Waals surface area (Å²) in [6, 6.07) is 4.11. The van der Waals surface area contributed by atoms with Gasteiger partial charge >= 0.3 is 0 Å². The third-order valence-electron chi connectivity index (χ3n) is 3.08. The van der Waals surface area contributed by atoms with Gasteiger partial charge in [0, 0.05) is 16.7 Å². The highest BCUT2D eigenvalue weighted by atomic mass is 35.7. The van der Waals surface area contributed by atoms with E-state index in [1.807, 2.05) is 6.92 Å². The molecule has 0 saturated heterocycles. The van der Waals surface area contributed by atoms with Crippen LogP contribution >= 0.6 is 22.3 Å². The Bertz CT molecular complexity index is 602. The van der Waals surface area contributed by atoms with E-state index in [9.17, 15) is 13.2 Å². The molecule has 0 saturated carbocycles. The summed E-state index contributed by atoms with van der Waals surface area (Å²) < 4.78 is 23.1. The Labute approximate surface area is 135 Å². The zero-order chi connectivity index (χ0) is 16.0. The van der Waals surface area contributed by atoms with Gasteiger partial charge in [-0.15, -0.1) is 0 Å². The van der Waals surface area contributed by atoms with Crippen molar-refractivity contribution in [1.82, 2.24) is 5.32 Å². The lowest BCUT2D eigenvalue weighted by molar-refractivity contribution is 0.0935. The van der Waals surface area contributed by atoms with Gasteiger partial charge in [-0.25, -0.2) is 8.42 Å². The molecule has 0 aromatic heterocycles. The largest absolute Gasteiger partial charge is 0.350 e. The van der Waals surface area contributed by atoms with Crippen LogP contribution in [0, 0.1) is 0 Å². The van der Waals surface area contributed by atoms with E-state index in [2.05, 4.69) is 12.2 Å². The first-order valence-electron chi connectivity index (χ1n) is 6.81. The molecule has 21 heavy (non-hydrogen) atoms. The van der Waals surface area contributed by atoms with Crippen LogP contribution in [-0.2, 0) is 9.05 Å². The fourth-order valence-corrected chi connectivity index (χ4v) is 3.39. The highest BCUT2D eigenvalue weighted by Crippen LogP contribution is 2.26. The van der Waals surface area contributed by atoms with Crippen molar-refractivity contribution >= 4 is 37.2 Å². The average Bonchev–Trinajstić information content (AvgIpc) is 2.37. The number of carbonyl (C=O) groups is 1. The first-order valence-corrected chi connectivity index (χ1v) is 9.50. The summed E-state index contributed by atoms with van der Waals surface area (Å²) in [4.78, 5) is 12.0. The summed E-state index contributed by atoms with van der Waals surface area (Å²) in [5.74, 6) is -0.524. The van der Waals surface area contributed by atoms with Crippen LogP contribution in [0.15, 0.2) is 23.1 Å². The Kier molecular flexibility index (Phi) is 6.97. The molecule has 118 valence electrons. The van der Waals surface area contributed by atoms with Crippen LogP contribution in [0.1, 0.15) is 49.9 Å². The zero-order valence-electron chi connectivity index (χ0n) is 12.0. The van der Waals surface area contributed by atoms with Crippen molar-refractivity contribution in [2.75, 3.05) is 0 Å². The van der Waals surface area contributed by atoms with Gasteiger partial charge in [-0.2, -0.15) is 0 Å². The minimum atomic E-state index is -4.03. The van der Waals surface area contributed by atoms with E-state index in [-0.39, 0.29) is 21.5 Å². The molecule has 1 unspecified atom stereocenters. The molecule has 0 bridgehead atoms. The van der Waals surface area contributed by atoms with Gasteiger partial charge < -0.3 is 5.32 Å². The van der Waals surface area contributed by atoms with Crippen LogP contribution in [0.25, 0.3) is 0 Å². The molecule has 0 radical (unpaired) electrons. The second-order valence-electron chi connectivity index (χ2n) is 4.92. The fourth-order valence-electron chi connectivity index (χ4n) is 2.00. The number of halogens is 2.